The molecule has 0 bridgehead atoms. The van der Waals surface area contributed by atoms with Crippen LogP contribution in [-0.4, -0.2) is 22.7 Å². The van der Waals surface area contributed by atoms with Crippen LogP contribution in [0.1, 0.15) is 12.5 Å². The molecule has 0 radical (unpaired) electrons. The van der Waals surface area contributed by atoms with Gasteiger partial charge in [-0.25, -0.2) is 9.47 Å². The molecule has 1 amide bonds. The molecule has 7 nitrogen and oxygen atoms in total. The minimum atomic E-state index is -0.209. The van der Waals surface area contributed by atoms with Gasteiger partial charge in [-0.05, 0) is 83.1 Å². The predicted molar refractivity (Wildman–Crippen MR) is 181 cm³/mol. The van der Waals surface area contributed by atoms with Crippen LogP contribution in [0.5, 0.6) is 0 Å². The quantitative estimate of drug-likeness (QED) is 0.245. The maximum absolute atomic E-state index is 14.2. The van der Waals surface area contributed by atoms with Crippen LogP contribution >= 0.6 is 46.0 Å². The highest BCUT2D eigenvalue weighted by atomic mass is 35.5. The van der Waals surface area contributed by atoms with Crippen LogP contribution in [0.3, 0.4) is 0 Å². The molecule has 43 heavy (non-hydrogen) atoms. The van der Waals surface area contributed by atoms with Crippen molar-refractivity contribution in [3.63, 3.8) is 0 Å². The monoisotopic (exact) mass is 642 g/mol. The number of hydrogen-bond acceptors (Lipinski definition) is 7. The molecule has 2 aromatic heterocycles. The number of aromatic nitrogens is 2. The number of nitrogens with zero attached hydrogens (tertiary/aromatic N) is 5. The van der Waals surface area contributed by atoms with Crippen molar-refractivity contribution in [2.24, 2.45) is 12.0 Å². The zero-order chi connectivity index (χ0) is 29.8. The standard InChI is InChI=1S/C32H25ClN5O2S3/c1-4-37-28(39)26(24-16-14-19-10-8-9-13-22(19)35(24)2)42-30(37)27-29(40)38(21-11-6-5-7-12-21)32(43-27)34-31-36(3)23-17-15-20(33)18-25(23)41-31/h5-18H,4H2,1-3H3/q+1. The van der Waals surface area contributed by atoms with Crippen LogP contribution in [0, 0.1) is 0 Å². The average Bonchev–Trinajstić information content (AvgIpc) is 3.63. The van der Waals surface area contributed by atoms with E-state index in [9.17, 15) is 9.59 Å². The number of anilines is 2. The number of aliphatic imine (C=N–C) groups is 1. The second kappa shape index (κ2) is 10.9. The van der Waals surface area contributed by atoms with E-state index in [0.717, 1.165) is 32.3 Å². The number of carbonyl (C=O) groups is 1. The van der Waals surface area contributed by atoms with Crippen LogP contribution in [-0.2, 0) is 18.4 Å². The van der Waals surface area contributed by atoms with Crippen LogP contribution in [0.25, 0.3) is 26.9 Å². The van der Waals surface area contributed by atoms with Crippen LogP contribution in [0.15, 0.2) is 88.7 Å². The number of carbonyl (C=O) groups excluding carboxylic acids is 1. The van der Waals surface area contributed by atoms with Gasteiger partial charge in [-0.1, -0.05) is 54.1 Å². The fourth-order valence-electron chi connectivity index (χ4n) is 5.28. The first-order chi connectivity index (χ1) is 20.9. The number of rotatable bonds is 3. The summed E-state index contributed by atoms with van der Waals surface area (Å²) in [6.07, 6.45) is 4.01. The molecule has 2 aliphatic heterocycles. The number of amidine groups is 1. The zero-order valence-corrected chi connectivity index (χ0v) is 26.7. The van der Waals surface area contributed by atoms with Crippen molar-refractivity contribution in [3.05, 3.63) is 109 Å². The van der Waals surface area contributed by atoms with E-state index < -0.39 is 0 Å². The van der Waals surface area contributed by atoms with E-state index in [4.69, 9.17) is 16.6 Å². The van der Waals surface area contributed by atoms with Gasteiger partial charge in [-0.15, -0.1) is 11.3 Å². The molecule has 214 valence electrons. The Balaban J connectivity index is 1.44. The Morgan fingerprint density at radius 1 is 0.953 bits per heavy atom. The van der Waals surface area contributed by atoms with Gasteiger partial charge in [-0.2, -0.15) is 0 Å². The van der Waals surface area contributed by atoms with Crippen molar-refractivity contribution in [1.29, 1.82) is 0 Å². The lowest BCUT2D eigenvalue weighted by molar-refractivity contribution is -0.627. The van der Waals surface area contributed by atoms with Crippen molar-refractivity contribution < 1.29 is 9.36 Å². The van der Waals surface area contributed by atoms with E-state index >= 15 is 0 Å². The van der Waals surface area contributed by atoms with E-state index in [2.05, 4.69) is 6.07 Å². The summed E-state index contributed by atoms with van der Waals surface area (Å²) in [7, 11) is 3.92. The van der Waals surface area contributed by atoms with Crippen molar-refractivity contribution >= 4 is 101 Å². The second-order valence-electron chi connectivity index (χ2n) is 9.98. The summed E-state index contributed by atoms with van der Waals surface area (Å²) in [6, 6.07) is 23.3. The minimum Gasteiger partial charge on any atom is -0.343 e. The van der Waals surface area contributed by atoms with Gasteiger partial charge in [0, 0.05) is 24.3 Å². The number of thiazole rings is 2. The first-order valence-electron chi connectivity index (χ1n) is 13.6. The van der Waals surface area contributed by atoms with Gasteiger partial charge in [0.15, 0.2) is 0 Å². The molecular formula is C32H25ClN5O2S3+. The first-order valence-corrected chi connectivity index (χ1v) is 16.4. The maximum atomic E-state index is 14.2. The third-order valence-electron chi connectivity index (χ3n) is 7.47. The Kier molecular flexibility index (Phi) is 7.09. The van der Waals surface area contributed by atoms with E-state index in [-0.39, 0.29) is 11.5 Å². The van der Waals surface area contributed by atoms with Gasteiger partial charge < -0.3 is 4.90 Å². The first kappa shape index (κ1) is 27.8. The Morgan fingerprint density at radius 2 is 1.72 bits per heavy atom. The number of fused-ring (bicyclic) bond motifs is 2. The van der Waals surface area contributed by atoms with Gasteiger partial charge in [0.2, 0.25) is 0 Å². The minimum absolute atomic E-state index is 0.112. The lowest BCUT2D eigenvalue weighted by atomic mass is 10.1. The van der Waals surface area contributed by atoms with Crippen molar-refractivity contribution in [2.45, 2.75) is 13.5 Å². The highest BCUT2D eigenvalue weighted by Crippen LogP contribution is 2.38. The summed E-state index contributed by atoms with van der Waals surface area (Å²) >= 11 is 10.4. The Morgan fingerprint density at radius 3 is 2.51 bits per heavy atom. The highest BCUT2D eigenvalue weighted by Gasteiger charge is 2.40. The lowest BCUT2D eigenvalue weighted by Gasteiger charge is -2.25. The molecule has 0 spiro atoms. The van der Waals surface area contributed by atoms with Crippen LogP contribution < -0.4 is 29.1 Å². The topological polar surface area (TPSA) is 61.8 Å². The molecule has 11 heteroatoms. The zero-order valence-electron chi connectivity index (χ0n) is 23.4. The molecule has 5 aromatic rings. The summed E-state index contributed by atoms with van der Waals surface area (Å²) in [5, 5.41) is 1.92. The third-order valence-corrected chi connectivity index (χ3v) is 11.2. The lowest BCUT2D eigenvalue weighted by Crippen LogP contribution is -2.36. The molecule has 3 aromatic carbocycles. The molecule has 0 saturated carbocycles. The van der Waals surface area contributed by atoms with Gasteiger partial charge in [0.05, 0.1) is 23.1 Å². The number of aryl methyl sites for hydroxylation is 1. The fraction of sp³-hybridized carbons (Fsp3) is 0.125. The summed E-state index contributed by atoms with van der Waals surface area (Å²) in [4.78, 5) is 37.2. The van der Waals surface area contributed by atoms with E-state index in [0.29, 0.717) is 36.5 Å². The van der Waals surface area contributed by atoms with E-state index in [1.807, 2.05) is 109 Å². The average molecular weight is 643 g/mol. The molecule has 1 saturated heterocycles. The third kappa shape index (κ3) is 4.65. The van der Waals surface area contributed by atoms with Gasteiger partial charge in [-0.3, -0.25) is 14.2 Å². The number of hydrogen-bond donors (Lipinski definition) is 0. The second-order valence-corrected chi connectivity index (χ2v) is 13.4. The number of halogens is 1. The number of benzene rings is 3. The summed E-state index contributed by atoms with van der Waals surface area (Å²) in [5.41, 5.74) is 4.53. The Hall–Kier alpha value is -3.96. The summed E-state index contributed by atoms with van der Waals surface area (Å²) in [5.74, 6) is -0.209. The van der Waals surface area contributed by atoms with E-state index in [1.54, 1.807) is 9.47 Å². The number of amides is 1. The van der Waals surface area contributed by atoms with Crippen molar-refractivity contribution in [2.75, 3.05) is 16.8 Å². The molecule has 7 rings (SSSR count). The van der Waals surface area contributed by atoms with Crippen molar-refractivity contribution in [1.82, 2.24) is 4.57 Å². The van der Waals surface area contributed by atoms with Crippen LogP contribution in [0.2, 0.25) is 5.02 Å². The Bertz CT molecular complexity index is 2200. The smallest absolute Gasteiger partial charge is 0.343 e. The molecule has 4 heterocycles. The van der Waals surface area contributed by atoms with E-state index in [1.165, 1.54) is 34.4 Å². The highest BCUT2D eigenvalue weighted by molar-refractivity contribution is 8.23. The predicted octanol–water partition coefficient (Wildman–Crippen LogP) is 5.47. The summed E-state index contributed by atoms with van der Waals surface area (Å²) in [6.45, 7) is 2.36. The molecule has 0 N–H and O–H groups in total. The summed E-state index contributed by atoms with van der Waals surface area (Å²) < 4.78 is 5.92. The van der Waals surface area contributed by atoms with Crippen LogP contribution in [0.4, 0.5) is 16.5 Å². The SMILES string of the molecule is CCn1c(=C2SC(=Nc3sc4cc(Cl)ccc4[n+]3C)N(c3ccccc3)C2=O)sc(=C2C=Cc3ccccc3N2C)c1=O. The van der Waals surface area contributed by atoms with Gasteiger partial charge in [0.1, 0.15) is 19.6 Å². The van der Waals surface area contributed by atoms with Crippen molar-refractivity contribution in [3.8, 4) is 0 Å². The van der Waals surface area contributed by atoms with Gasteiger partial charge in [0.25, 0.3) is 16.6 Å². The molecule has 0 aliphatic carbocycles. The fourth-order valence-corrected chi connectivity index (χ4v) is 9.06. The maximum Gasteiger partial charge on any atom is 0.385 e. The molecule has 0 atom stereocenters. The normalized spacial score (nSPS) is 18.3. The largest absolute Gasteiger partial charge is 0.385 e. The number of likely N-dealkylation sites (N-methyl/N-ethyl adjacent to an activating group) is 1. The number of thioether (sulfide) groups is 1. The van der Waals surface area contributed by atoms with Gasteiger partial charge >= 0.3 is 5.13 Å². The molecular weight excluding hydrogens is 618 g/mol. The molecule has 1 fully saturated rings. The molecule has 0 unspecified atom stereocenters. The number of para-hydroxylation sites is 2. The Labute approximate surface area is 264 Å². The molecule has 2 aliphatic rings.